The molecule has 1 fully saturated rings. The first-order chi connectivity index (χ1) is 15.5. The van der Waals surface area contributed by atoms with Crippen LogP contribution in [0.3, 0.4) is 0 Å². The first-order valence-electron chi connectivity index (χ1n) is 10.3. The van der Waals surface area contributed by atoms with E-state index in [-0.39, 0.29) is 18.2 Å². The summed E-state index contributed by atoms with van der Waals surface area (Å²) in [7, 11) is 0. The van der Waals surface area contributed by atoms with E-state index in [1.54, 1.807) is 0 Å². The van der Waals surface area contributed by atoms with Gasteiger partial charge in [-0.1, -0.05) is 36.4 Å². The molecule has 0 aliphatic carbocycles. The molecule has 9 heteroatoms. The molecular formula is C24H21F6NO2. The van der Waals surface area contributed by atoms with Crippen LogP contribution in [-0.4, -0.2) is 19.4 Å². The molecule has 0 spiro atoms. The lowest BCUT2D eigenvalue weighted by atomic mass is 10.00. The summed E-state index contributed by atoms with van der Waals surface area (Å²) in [6.07, 6.45) is -11.8. The number of hydrogen-bond acceptors (Lipinski definition) is 3. The van der Waals surface area contributed by atoms with Gasteiger partial charge in [0.15, 0.2) is 6.29 Å². The molecule has 3 atom stereocenters. The number of morpholine rings is 1. The van der Waals surface area contributed by atoms with Gasteiger partial charge >= 0.3 is 12.4 Å². The van der Waals surface area contributed by atoms with Crippen molar-refractivity contribution >= 4 is 10.8 Å². The van der Waals surface area contributed by atoms with E-state index < -0.39 is 41.9 Å². The van der Waals surface area contributed by atoms with E-state index >= 15 is 0 Å². The van der Waals surface area contributed by atoms with Gasteiger partial charge in [-0.15, -0.1) is 0 Å². The number of fused-ring (bicyclic) bond motifs is 1. The zero-order chi connectivity index (χ0) is 23.8. The number of rotatable bonds is 4. The molecule has 0 radical (unpaired) electrons. The lowest BCUT2D eigenvalue weighted by Crippen LogP contribution is -2.43. The van der Waals surface area contributed by atoms with Crippen molar-refractivity contribution in [2.75, 3.05) is 13.2 Å². The molecule has 0 bridgehead atoms. The highest BCUT2D eigenvalue weighted by Gasteiger charge is 2.38. The molecule has 176 valence electrons. The smallest absolute Gasteiger partial charge is 0.349 e. The van der Waals surface area contributed by atoms with Crippen LogP contribution in [0.5, 0.6) is 0 Å². The van der Waals surface area contributed by atoms with Crippen LogP contribution in [0.1, 0.15) is 41.3 Å². The van der Waals surface area contributed by atoms with Gasteiger partial charge < -0.3 is 14.8 Å². The molecule has 1 heterocycles. The van der Waals surface area contributed by atoms with Gasteiger partial charge in [0.25, 0.3) is 0 Å². The molecule has 1 aliphatic rings. The van der Waals surface area contributed by atoms with Crippen molar-refractivity contribution in [3.63, 3.8) is 0 Å². The summed E-state index contributed by atoms with van der Waals surface area (Å²) >= 11 is 0. The minimum Gasteiger partial charge on any atom is -0.349 e. The first-order valence-corrected chi connectivity index (χ1v) is 10.3. The second kappa shape index (κ2) is 8.96. The molecule has 1 saturated heterocycles. The minimum atomic E-state index is -4.92. The molecule has 0 amide bonds. The van der Waals surface area contributed by atoms with E-state index in [1.165, 1.54) is 6.92 Å². The van der Waals surface area contributed by atoms with E-state index in [1.807, 2.05) is 42.5 Å². The third-order valence-corrected chi connectivity index (χ3v) is 5.57. The Morgan fingerprint density at radius 3 is 2.15 bits per heavy atom. The predicted molar refractivity (Wildman–Crippen MR) is 110 cm³/mol. The molecule has 1 aliphatic heterocycles. The molecular weight excluding hydrogens is 448 g/mol. The number of benzene rings is 3. The highest BCUT2D eigenvalue weighted by atomic mass is 19.4. The van der Waals surface area contributed by atoms with Crippen molar-refractivity contribution in [3.05, 3.63) is 82.9 Å². The maximum Gasteiger partial charge on any atom is 0.416 e. The fraction of sp³-hybridized carbons (Fsp3) is 0.333. The van der Waals surface area contributed by atoms with Crippen molar-refractivity contribution in [2.45, 2.75) is 37.7 Å². The summed E-state index contributed by atoms with van der Waals surface area (Å²) < 4.78 is 90.9. The summed E-state index contributed by atoms with van der Waals surface area (Å²) in [5, 5.41) is 5.29. The lowest BCUT2D eigenvalue weighted by molar-refractivity contribution is -0.200. The Bertz CT molecular complexity index is 1100. The molecule has 3 aromatic carbocycles. The van der Waals surface area contributed by atoms with Crippen LogP contribution in [0.2, 0.25) is 0 Å². The summed E-state index contributed by atoms with van der Waals surface area (Å²) in [6.45, 7) is 2.22. The van der Waals surface area contributed by atoms with Crippen molar-refractivity contribution in [1.29, 1.82) is 0 Å². The van der Waals surface area contributed by atoms with Crippen molar-refractivity contribution < 1.29 is 35.8 Å². The van der Waals surface area contributed by atoms with Gasteiger partial charge in [-0.05, 0) is 53.1 Å². The first kappa shape index (κ1) is 23.5. The maximum atomic E-state index is 13.2. The topological polar surface area (TPSA) is 30.5 Å². The van der Waals surface area contributed by atoms with Crippen LogP contribution in [0.4, 0.5) is 26.3 Å². The largest absolute Gasteiger partial charge is 0.416 e. The van der Waals surface area contributed by atoms with Gasteiger partial charge in [0.1, 0.15) is 0 Å². The van der Waals surface area contributed by atoms with Gasteiger partial charge in [-0.25, -0.2) is 0 Å². The Balaban J connectivity index is 1.62. The highest BCUT2D eigenvalue weighted by Crippen LogP contribution is 2.39. The zero-order valence-corrected chi connectivity index (χ0v) is 17.5. The Morgan fingerprint density at radius 1 is 0.879 bits per heavy atom. The van der Waals surface area contributed by atoms with Crippen LogP contribution in [0, 0.1) is 0 Å². The lowest BCUT2D eigenvalue weighted by Gasteiger charge is -2.35. The summed E-state index contributed by atoms with van der Waals surface area (Å²) in [5.41, 5.74) is -2.15. The van der Waals surface area contributed by atoms with Crippen LogP contribution < -0.4 is 5.32 Å². The van der Waals surface area contributed by atoms with Crippen molar-refractivity contribution in [2.24, 2.45) is 0 Å². The summed E-state index contributed by atoms with van der Waals surface area (Å²) in [4.78, 5) is 0. The SMILES string of the molecule is CC(OC1OCCNC1c1ccc2ccccc2c1)c1cc(C(F)(F)F)cc(C(F)(F)F)c1. The molecule has 33 heavy (non-hydrogen) atoms. The zero-order valence-electron chi connectivity index (χ0n) is 17.5. The van der Waals surface area contributed by atoms with Crippen LogP contribution in [-0.2, 0) is 21.8 Å². The minimum absolute atomic E-state index is 0.104. The average Bonchev–Trinajstić information content (AvgIpc) is 2.77. The second-order valence-corrected chi connectivity index (χ2v) is 7.90. The van der Waals surface area contributed by atoms with E-state index in [4.69, 9.17) is 9.47 Å². The van der Waals surface area contributed by atoms with E-state index in [0.717, 1.165) is 16.3 Å². The fourth-order valence-electron chi connectivity index (χ4n) is 3.87. The van der Waals surface area contributed by atoms with Crippen LogP contribution >= 0.6 is 0 Å². The normalized spacial score (nSPS) is 20.7. The fourth-order valence-corrected chi connectivity index (χ4v) is 3.87. The van der Waals surface area contributed by atoms with Crippen LogP contribution in [0.25, 0.3) is 10.8 Å². The molecule has 3 unspecified atom stereocenters. The number of hydrogen-bond donors (Lipinski definition) is 1. The molecule has 4 rings (SSSR count). The van der Waals surface area contributed by atoms with Gasteiger partial charge in [0.2, 0.25) is 0 Å². The van der Waals surface area contributed by atoms with Gasteiger partial charge in [-0.2, -0.15) is 26.3 Å². The van der Waals surface area contributed by atoms with E-state index in [2.05, 4.69) is 5.32 Å². The Labute approximate surface area is 186 Å². The summed E-state index contributed by atoms with van der Waals surface area (Å²) in [6, 6.07) is 14.5. The second-order valence-electron chi connectivity index (χ2n) is 7.90. The third kappa shape index (κ3) is 5.31. The number of alkyl halides is 6. The molecule has 0 saturated carbocycles. The molecule has 3 aromatic rings. The number of ether oxygens (including phenoxy) is 2. The average molecular weight is 469 g/mol. The summed E-state index contributed by atoms with van der Waals surface area (Å²) in [5.74, 6) is 0. The number of halogens is 6. The Morgan fingerprint density at radius 2 is 1.52 bits per heavy atom. The van der Waals surface area contributed by atoms with Crippen molar-refractivity contribution in [1.82, 2.24) is 5.32 Å². The predicted octanol–water partition coefficient (Wildman–Crippen LogP) is 6.64. The molecule has 1 N–H and O–H groups in total. The van der Waals surface area contributed by atoms with Gasteiger partial charge in [0, 0.05) is 6.54 Å². The molecule has 3 nitrogen and oxygen atoms in total. The monoisotopic (exact) mass is 469 g/mol. The van der Waals surface area contributed by atoms with E-state index in [0.29, 0.717) is 18.7 Å². The Hall–Kier alpha value is -2.62. The number of nitrogens with one attached hydrogen (secondary N) is 1. The third-order valence-electron chi connectivity index (χ3n) is 5.57. The van der Waals surface area contributed by atoms with Crippen LogP contribution in [0.15, 0.2) is 60.7 Å². The maximum absolute atomic E-state index is 13.2. The Kier molecular flexibility index (Phi) is 6.39. The quantitative estimate of drug-likeness (QED) is 0.435. The highest BCUT2D eigenvalue weighted by molar-refractivity contribution is 5.83. The standard InChI is InChI=1S/C24H21F6NO2/c1-14(18-11-19(23(25,26)27)13-20(12-18)24(28,29)30)33-22-21(31-8-9-32-22)17-7-6-15-4-2-3-5-16(15)10-17/h2-7,10-14,21-22,31H,8-9H2,1H3. The van der Waals surface area contributed by atoms with Gasteiger partial charge in [-0.3, -0.25) is 0 Å². The van der Waals surface area contributed by atoms with Crippen molar-refractivity contribution in [3.8, 4) is 0 Å². The molecule has 0 aromatic heterocycles. The van der Waals surface area contributed by atoms with E-state index in [9.17, 15) is 26.3 Å². The van der Waals surface area contributed by atoms with Gasteiger partial charge in [0.05, 0.1) is 29.9 Å².